The van der Waals surface area contributed by atoms with E-state index in [4.69, 9.17) is 4.98 Å². The molecule has 2 amide bonds. The van der Waals surface area contributed by atoms with Crippen LogP contribution in [0.1, 0.15) is 61.2 Å². The summed E-state index contributed by atoms with van der Waals surface area (Å²) in [7, 11) is 0. The average Bonchev–Trinajstić information content (AvgIpc) is 3.22. The number of carbonyl (C=O) groups is 2. The number of thiazole rings is 1. The van der Waals surface area contributed by atoms with E-state index < -0.39 is 0 Å². The van der Waals surface area contributed by atoms with Crippen LogP contribution in [0.25, 0.3) is 0 Å². The maximum atomic E-state index is 12.2. The van der Waals surface area contributed by atoms with E-state index in [1.165, 1.54) is 0 Å². The lowest BCUT2D eigenvalue weighted by Crippen LogP contribution is -2.26. The van der Waals surface area contributed by atoms with Crippen LogP contribution >= 0.6 is 11.3 Å². The minimum Gasteiger partial charge on any atom is -0.326 e. The third-order valence-electron chi connectivity index (χ3n) is 4.89. The number of nitrogens with one attached hydrogen (secondary N) is 1. The molecule has 1 aromatic heterocycles. The number of hydrogen-bond donors (Lipinski definition) is 1. The van der Waals surface area contributed by atoms with Crippen LogP contribution in [-0.4, -0.2) is 23.3 Å². The largest absolute Gasteiger partial charge is 0.326 e. The third-order valence-corrected chi connectivity index (χ3v) is 5.87. The Morgan fingerprint density at radius 1 is 1.32 bits per heavy atom. The molecule has 4 rings (SSSR count). The SMILES string of the molecule is CC(C)c1csc([C@@H]2CC(=O)Nc3cc(N4CCCC4=O)ccc32)n1. The van der Waals surface area contributed by atoms with E-state index >= 15 is 0 Å². The lowest BCUT2D eigenvalue weighted by atomic mass is 9.90. The first-order valence-corrected chi connectivity index (χ1v) is 9.60. The number of fused-ring (bicyclic) bond motifs is 1. The fourth-order valence-electron chi connectivity index (χ4n) is 3.49. The molecular formula is C19H21N3O2S. The molecule has 130 valence electrons. The molecular weight excluding hydrogens is 334 g/mol. The van der Waals surface area contributed by atoms with Gasteiger partial charge in [0.15, 0.2) is 0 Å². The summed E-state index contributed by atoms with van der Waals surface area (Å²) in [6, 6.07) is 5.96. The van der Waals surface area contributed by atoms with E-state index in [1.807, 2.05) is 18.2 Å². The highest BCUT2D eigenvalue weighted by atomic mass is 32.1. The zero-order valence-electron chi connectivity index (χ0n) is 14.4. The van der Waals surface area contributed by atoms with Crippen molar-refractivity contribution in [3.05, 3.63) is 39.8 Å². The van der Waals surface area contributed by atoms with E-state index in [0.717, 1.165) is 40.6 Å². The molecule has 3 heterocycles. The van der Waals surface area contributed by atoms with Crippen LogP contribution in [0.2, 0.25) is 0 Å². The number of anilines is 2. The van der Waals surface area contributed by atoms with Crippen molar-refractivity contribution in [1.82, 2.24) is 4.98 Å². The number of aromatic nitrogens is 1. The van der Waals surface area contributed by atoms with Crippen molar-refractivity contribution in [2.75, 3.05) is 16.8 Å². The highest BCUT2D eigenvalue weighted by molar-refractivity contribution is 7.09. The summed E-state index contributed by atoms with van der Waals surface area (Å²) in [6.07, 6.45) is 1.91. The van der Waals surface area contributed by atoms with E-state index in [0.29, 0.717) is 18.8 Å². The molecule has 1 saturated heterocycles. The maximum absolute atomic E-state index is 12.2. The molecule has 1 fully saturated rings. The first-order chi connectivity index (χ1) is 12.0. The van der Waals surface area contributed by atoms with Crippen LogP contribution in [0.3, 0.4) is 0 Å². The lowest BCUT2D eigenvalue weighted by molar-refractivity contribution is -0.117. The molecule has 0 spiro atoms. The van der Waals surface area contributed by atoms with Crippen molar-refractivity contribution in [2.45, 2.75) is 44.9 Å². The van der Waals surface area contributed by atoms with E-state index in [2.05, 4.69) is 24.5 Å². The summed E-state index contributed by atoms with van der Waals surface area (Å²) in [5.74, 6) is 0.527. The highest BCUT2D eigenvalue weighted by Gasteiger charge is 2.30. The second-order valence-corrected chi connectivity index (χ2v) is 7.88. The van der Waals surface area contributed by atoms with E-state index in [1.54, 1.807) is 16.2 Å². The van der Waals surface area contributed by atoms with Crippen LogP contribution in [0, 0.1) is 0 Å². The zero-order valence-corrected chi connectivity index (χ0v) is 15.2. The number of benzene rings is 1. The maximum Gasteiger partial charge on any atom is 0.227 e. The number of carbonyl (C=O) groups excluding carboxylic acids is 2. The minimum absolute atomic E-state index is 0.00342. The Morgan fingerprint density at radius 2 is 2.16 bits per heavy atom. The summed E-state index contributed by atoms with van der Waals surface area (Å²) < 4.78 is 0. The van der Waals surface area contributed by atoms with Gasteiger partial charge in [-0.15, -0.1) is 11.3 Å². The van der Waals surface area contributed by atoms with Crippen LogP contribution in [0.15, 0.2) is 23.6 Å². The van der Waals surface area contributed by atoms with Gasteiger partial charge in [0.05, 0.1) is 5.69 Å². The predicted octanol–water partition coefficient (Wildman–Crippen LogP) is 3.87. The van der Waals surface area contributed by atoms with E-state index in [-0.39, 0.29) is 17.7 Å². The third kappa shape index (κ3) is 2.95. The second-order valence-electron chi connectivity index (χ2n) is 6.99. The Balaban J connectivity index is 1.70. The number of nitrogens with zero attached hydrogens (tertiary/aromatic N) is 2. The molecule has 2 aromatic rings. The van der Waals surface area contributed by atoms with Gasteiger partial charge in [0.1, 0.15) is 5.01 Å². The fraction of sp³-hybridized carbons (Fsp3) is 0.421. The molecule has 25 heavy (non-hydrogen) atoms. The first kappa shape index (κ1) is 16.3. The first-order valence-electron chi connectivity index (χ1n) is 8.72. The van der Waals surface area contributed by atoms with Crippen molar-refractivity contribution in [1.29, 1.82) is 0 Å². The van der Waals surface area contributed by atoms with Crippen LogP contribution in [-0.2, 0) is 9.59 Å². The molecule has 1 atom stereocenters. The molecule has 0 saturated carbocycles. The van der Waals surface area contributed by atoms with Gasteiger partial charge >= 0.3 is 0 Å². The van der Waals surface area contributed by atoms with Crippen molar-refractivity contribution < 1.29 is 9.59 Å². The van der Waals surface area contributed by atoms with Crippen molar-refractivity contribution >= 4 is 34.5 Å². The molecule has 6 heteroatoms. The molecule has 0 unspecified atom stereocenters. The summed E-state index contributed by atoms with van der Waals surface area (Å²) in [6.45, 7) is 5.00. The van der Waals surface area contributed by atoms with Gasteiger partial charge in [-0.3, -0.25) is 9.59 Å². The quantitative estimate of drug-likeness (QED) is 0.909. The number of rotatable bonds is 3. The molecule has 0 bridgehead atoms. The molecule has 2 aliphatic rings. The Hall–Kier alpha value is -2.21. The fourth-order valence-corrected chi connectivity index (χ4v) is 4.59. The minimum atomic E-state index is -0.00965. The number of hydrogen-bond acceptors (Lipinski definition) is 4. The van der Waals surface area contributed by atoms with Crippen molar-refractivity contribution in [3.63, 3.8) is 0 Å². The molecule has 1 N–H and O–H groups in total. The summed E-state index contributed by atoms with van der Waals surface area (Å²) in [4.78, 5) is 30.8. The molecule has 5 nitrogen and oxygen atoms in total. The normalized spacial score (nSPS) is 20.1. The Morgan fingerprint density at radius 3 is 2.84 bits per heavy atom. The van der Waals surface area contributed by atoms with Gasteiger partial charge in [0, 0.05) is 42.1 Å². The van der Waals surface area contributed by atoms with Crippen LogP contribution in [0.4, 0.5) is 11.4 Å². The highest BCUT2D eigenvalue weighted by Crippen LogP contribution is 2.40. The molecule has 2 aliphatic heterocycles. The smallest absolute Gasteiger partial charge is 0.227 e. The topological polar surface area (TPSA) is 62.3 Å². The molecule has 0 aliphatic carbocycles. The summed E-state index contributed by atoms with van der Waals surface area (Å²) >= 11 is 1.62. The monoisotopic (exact) mass is 355 g/mol. The second kappa shape index (κ2) is 6.26. The predicted molar refractivity (Wildman–Crippen MR) is 99.3 cm³/mol. The Kier molecular flexibility index (Phi) is 4.07. The van der Waals surface area contributed by atoms with Gasteiger partial charge < -0.3 is 10.2 Å². The van der Waals surface area contributed by atoms with Gasteiger partial charge in [0.25, 0.3) is 0 Å². The van der Waals surface area contributed by atoms with Crippen molar-refractivity contribution in [3.8, 4) is 0 Å². The standard InChI is InChI=1S/C19H21N3O2S/c1-11(2)16-10-25-19(21-16)14-9-17(23)20-15-8-12(5-6-13(14)15)22-7-3-4-18(22)24/h5-6,8,10-11,14H,3-4,7,9H2,1-2H3,(H,20,23)/t14-/m1/s1. The van der Waals surface area contributed by atoms with Gasteiger partial charge in [0.2, 0.25) is 11.8 Å². The summed E-state index contributed by atoms with van der Waals surface area (Å²) in [5.41, 5.74) is 3.83. The summed E-state index contributed by atoms with van der Waals surface area (Å²) in [5, 5.41) is 6.05. The van der Waals surface area contributed by atoms with Crippen LogP contribution in [0.5, 0.6) is 0 Å². The van der Waals surface area contributed by atoms with Gasteiger partial charge in [-0.1, -0.05) is 19.9 Å². The van der Waals surface area contributed by atoms with Gasteiger partial charge in [-0.2, -0.15) is 0 Å². The van der Waals surface area contributed by atoms with E-state index in [9.17, 15) is 9.59 Å². The lowest BCUT2D eigenvalue weighted by Gasteiger charge is -2.26. The van der Waals surface area contributed by atoms with Gasteiger partial charge in [-0.25, -0.2) is 4.98 Å². The number of amides is 2. The van der Waals surface area contributed by atoms with Crippen LogP contribution < -0.4 is 10.2 Å². The average molecular weight is 355 g/mol. The molecule has 1 aromatic carbocycles. The van der Waals surface area contributed by atoms with Gasteiger partial charge in [-0.05, 0) is 30.0 Å². The molecule has 0 radical (unpaired) electrons. The Labute approximate surface area is 151 Å². The zero-order chi connectivity index (χ0) is 17.6. The van der Waals surface area contributed by atoms with Crippen molar-refractivity contribution in [2.24, 2.45) is 0 Å². The Bertz CT molecular complexity index is 843.